The minimum Gasteiger partial charge on any atom is -0.379 e. The van der Waals surface area contributed by atoms with Crippen LogP contribution in [0.25, 0.3) is 5.65 Å². The van der Waals surface area contributed by atoms with E-state index in [1.165, 1.54) is 15.8 Å². The highest BCUT2D eigenvalue weighted by molar-refractivity contribution is 5.42. The number of ether oxygens (including phenoxy) is 1. The molecule has 8 heteroatoms. The second-order valence-corrected chi connectivity index (χ2v) is 6.20. The summed E-state index contributed by atoms with van der Waals surface area (Å²) in [5, 5.41) is 19.2. The highest BCUT2D eigenvalue weighted by Gasteiger charge is 2.22. The first-order valence-electron chi connectivity index (χ1n) is 8.47. The summed E-state index contributed by atoms with van der Waals surface area (Å²) in [6, 6.07) is 12.7. The van der Waals surface area contributed by atoms with Crippen molar-refractivity contribution in [2.24, 2.45) is 0 Å². The lowest BCUT2D eigenvalue weighted by Gasteiger charge is -2.35. The van der Waals surface area contributed by atoms with Crippen LogP contribution in [0, 0.1) is 6.92 Å². The maximum absolute atomic E-state index is 5.51. The summed E-state index contributed by atoms with van der Waals surface area (Å²) in [6.45, 7) is 6.29. The molecule has 130 valence electrons. The number of morpholine rings is 1. The van der Waals surface area contributed by atoms with Gasteiger partial charge in [-0.3, -0.25) is 4.90 Å². The van der Waals surface area contributed by atoms with E-state index < -0.39 is 0 Å². The molecule has 3 heterocycles. The van der Waals surface area contributed by atoms with Crippen LogP contribution in [0.4, 0.5) is 5.82 Å². The molecule has 25 heavy (non-hydrogen) atoms. The Morgan fingerprint density at radius 3 is 2.92 bits per heavy atom. The highest BCUT2D eigenvalue weighted by Crippen LogP contribution is 2.23. The number of hydrogen-bond acceptors (Lipinski definition) is 7. The summed E-state index contributed by atoms with van der Waals surface area (Å²) in [5.41, 5.74) is 3.20. The molecule has 0 amide bonds. The topological polar surface area (TPSA) is 80.5 Å². The minimum absolute atomic E-state index is 0.259. The van der Waals surface area contributed by atoms with Gasteiger partial charge in [-0.25, -0.2) is 0 Å². The Labute approximate surface area is 145 Å². The summed E-state index contributed by atoms with van der Waals surface area (Å²) >= 11 is 0. The first-order valence-corrected chi connectivity index (χ1v) is 8.47. The van der Waals surface area contributed by atoms with Gasteiger partial charge in [0, 0.05) is 19.6 Å². The summed E-state index contributed by atoms with van der Waals surface area (Å²) < 4.78 is 6.94. The molecular formula is C17H21N7O. The van der Waals surface area contributed by atoms with Crippen molar-refractivity contribution in [1.82, 2.24) is 30.2 Å². The van der Waals surface area contributed by atoms with Crippen LogP contribution in [-0.2, 0) is 4.74 Å². The molecule has 1 fully saturated rings. The predicted molar refractivity (Wildman–Crippen MR) is 93.4 cm³/mol. The van der Waals surface area contributed by atoms with Crippen LogP contribution in [0.1, 0.15) is 17.2 Å². The second kappa shape index (κ2) is 7.12. The van der Waals surface area contributed by atoms with Crippen molar-refractivity contribution < 1.29 is 4.74 Å². The van der Waals surface area contributed by atoms with Gasteiger partial charge in [-0.1, -0.05) is 29.8 Å². The number of benzene rings is 1. The molecule has 0 bridgehead atoms. The number of anilines is 1. The Morgan fingerprint density at radius 2 is 2.08 bits per heavy atom. The van der Waals surface area contributed by atoms with Gasteiger partial charge in [0.15, 0.2) is 5.65 Å². The normalized spacial score (nSPS) is 16.8. The Balaban J connectivity index is 1.54. The van der Waals surface area contributed by atoms with Gasteiger partial charge >= 0.3 is 0 Å². The van der Waals surface area contributed by atoms with E-state index in [-0.39, 0.29) is 6.04 Å². The molecule has 0 saturated carbocycles. The SMILES string of the molecule is Cc1cccc([C@@H](CNc2ccc3nnnn3n2)N2CCOCC2)c1. The molecule has 1 aliphatic rings. The van der Waals surface area contributed by atoms with E-state index in [9.17, 15) is 0 Å². The highest BCUT2D eigenvalue weighted by atomic mass is 16.5. The predicted octanol–water partition coefficient (Wildman–Crippen LogP) is 1.31. The zero-order chi connectivity index (χ0) is 17.1. The molecule has 1 aliphatic heterocycles. The summed E-state index contributed by atoms with van der Waals surface area (Å²) in [7, 11) is 0. The minimum atomic E-state index is 0.259. The number of nitrogens with zero attached hydrogens (tertiary/aromatic N) is 6. The smallest absolute Gasteiger partial charge is 0.200 e. The molecule has 8 nitrogen and oxygen atoms in total. The van der Waals surface area contributed by atoms with Gasteiger partial charge in [0.05, 0.1) is 19.3 Å². The Bertz CT molecular complexity index is 844. The van der Waals surface area contributed by atoms with E-state index in [1.54, 1.807) is 0 Å². The van der Waals surface area contributed by atoms with Crippen molar-refractivity contribution in [2.75, 3.05) is 38.2 Å². The molecule has 2 aromatic heterocycles. The molecule has 4 rings (SSSR count). The van der Waals surface area contributed by atoms with Gasteiger partial charge in [0.1, 0.15) is 5.82 Å². The third-order valence-corrected chi connectivity index (χ3v) is 4.46. The molecule has 0 unspecified atom stereocenters. The average Bonchev–Trinajstić information content (AvgIpc) is 3.11. The van der Waals surface area contributed by atoms with Crippen LogP contribution >= 0.6 is 0 Å². The van der Waals surface area contributed by atoms with Crippen LogP contribution in [0.2, 0.25) is 0 Å². The third kappa shape index (κ3) is 3.59. The molecule has 1 N–H and O–H groups in total. The summed E-state index contributed by atoms with van der Waals surface area (Å²) in [4.78, 5) is 2.46. The zero-order valence-corrected chi connectivity index (χ0v) is 14.2. The van der Waals surface area contributed by atoms with Gasteiger partial charge in [-0.05, 0) is 35.0 Å². The number of rotatable bonds is 5. The van der Waals surface area contributed by atoms with E-state index in [4.69, 9.17) is 4.74 Å². The first kappa shape index (κ1) is 15.9. The summed E-state index contributed by atoms with van der Waals surface area (Å²) in [5.74, 6) is 0.755. The molecule has 1 atom stereocenters. The standard InChI is InChI=1S/C17H21N7O/c1-13-3-2-4-14(11-13)15(23-7-9-25-10-8-23)12-18-16-5-6-17-19-21-22-24(17)20-16/h2-6,11,15H,7-10,12H2,1H3,(H,18,20)/t15-/m1/s1. The maximum atomic E-state index is 5.51. The van der Waals surface area contributed by atoms with Crippen molar-refractivity contribution in [3.63, 3.8) is 0 Å². The van der Waals surface area contributed by atoms with Gasteiger partial charge in [0.25, 0.3) is 0 Å². The summed E-state index contributed by atoms with van der Waals surface area (Å²) in [6.07, 6.45) is 0. The van der Waals surface area contributed by atoms with Crippen molar-refractivity contribution in [3.8, 4) is 0 Å². The van der Waals surface area contributed by atoms with E-state index in [1.807, 2.05) is 12.1 Å². The molecule has 1 saturated heterocycles. The fourth-order valence-electron chi connectivity index (χ4n) is 3.17. The van der Waals surface area contributed by atoms with Crippen LogP contribution in [0.3, 0.4) is 0 Å². The van der Waals surface area contributed by atoms with Crippen molar-refractivity contribution in [2.45, 2.75) is 13.0 Å². The lowest BCUT2D eigenvalue weighted by atomic mass is 10.0. The van der Waals surface area contributed by atoms with E-state index >= 15 is 0 Å². The number of hydrogen-bond donors (Lipinski definition) is 1. The fraction of sp³-hybridized carbons (Fsp3) is 0.412. The molecular weight excluding hydrogens is 318 g/mol. The van der Waals surface area contributed by atoms with Gasteiger partial charge in [-0.2, -0.15) is 0 Å². The van der Waals surface area contributed by atoms with E-state index in [0.717, 1.165) is 38.7 Å². The average molecular weight is 339 g/mol. The van der Waals surface area contributed by atoms with Crippen LogP contribution < -0.4 is 5.32 Å². The quantitative estimate of drug-likeness (QED) is 0.751. The van der Waals surface area contributed by atoms with Gasteiger partial charge < -0.3 is 10.1 Å². The lowest BCUT2D eigenvalue weighted by molar-refractivity contribution is 0.0187. The monoisotopic (exact) mass is 339 g/mol. The Morgan fingerprint density at radius 1 is 1.20 bits per heavy atom. The fourth-order valence-corrected chi connectivity index (χ4v) is 3.17. The largest absolute Gasteiger partial charge is 0.379 e. The number of aromatic nitrogens is 5. The molecule has 1 aromatic carbocycles. The maximum Gasteiger partial charge on any atom is 0.200 e. The number of fused-ring (bicyclic) bond motifs is 1. The Hall–Kier alpha value is -2.58. The second-order valence-electron chi connectivity index (χ2n) is 6.20. The molecule has 0 aliphatic carbocycles. The zero-order valence-electron chi connectivity index (χ0n) is 14.2. The van der Waals surface area contributed by atoms with Crippen molar-refractivity contribution >= 4 is 11.5 Å². The number of nitrogens with one attached hydrogen (secondary N) is 1. The van der Waals surface area contributed by atoms with Crippen LogP contribution in [0.15, 0.2) is 36.4 Å². The van der Waals surface area contributed by atoms with Crippen LogP contribution in [0.5, 0.6) is 0 Å². The van der Waals surface area contributed by atoms with E-state index in [2.05, 4.69) is 62.0 Å². The molecule has 0 spiro atoms. The lowest BCUT2D eigenvalue weighted by Crippen LogP contribution is -2.41. The third-order valence-electron chi connectivity index (χ3n) is 4.46. The molecule has 0 radical (unpaired) electrons. The van der Waals surface area contributed by atoms with E-state index in [0.29, 0.717) is 5.65 Å². The Kier molecular flexibility index (Phi) is 4.53. The van der Waals surface area contributed by atoms with Crippen molar-refractivity contribution in [1.29, 1.82) is 0 Å². The van der Waals surface area contributed by atoms with Crippen molar-refractivity contribution in [3.05, 3.63) is 47.5 Å². The number of aryl methyl sites for hydroxylation is 1. The van der Waals surface area contributed by atoms with Crippen LogP contribution in [-0.4, -0.2) is 63.0 Å². The first-order chi connectivity index (χ1) is 12.3. The molecule has 3 aromatic rings. The van der Waals surface area contributed by atoms with Gasteiger partial charge in [0.2, 0.25) is 0 Å². The van der Waals surface area contributed by atoms with Gasteiger partial charge in [-0.15, -0.1) is 14.8 Å². The number of tetrazole rings is 1.